The van der Waals surface area contributed by atoms with Crippen LogP contribution in [0, 0.1) is 6.92 Å². The van der Waals surface area contributed by atoms with Crippen LogP contribution in [0.3, 0.4) is 0 Å². The molecule has 0 unspecified atom stereocenters. The minimum absolute atomic E-state index is 0.206. The summed E-state index contributed by atoms with van der Waals surface area (Å²) in [7, 11) is 0. The number of rotatable bonds is 2. The first-order valence-electron chi connectivity index (χ1n) is 4.80. The third-order valence-electron chi connectivity index (χ3n) is 2.24. The zero-order valence-electron chi connectivity index (χ0n) is 8.99. The minimum atomic E-state index is -0.359. The van der Waals surface area contributed by atoms with Crippen molar-refractivity contribution in [2.75, 3.05) is 11.1 Å². The van der Waals surface area contributed by atoms with E-state index in [1.807, 2.05) is 6.92 Å². The Hall–Kier alpha value is -2.08. The van der Waals surface area contributed by atoms with Crippen LogP contribution >= 0.6 is 11.6 Å². The number of anilines is 2. The molecule has 1 aromatic carbocycles. The highest BCUT2D eigenvalue weighted by molar-refractivity contribution is 6.33. The first-order chi connectivity index (χ1) is 8.08. The molecule has 0 aliphatic rings. The van der Waals surface area contributed by atoms with Gasteiger partial charge in [-0.1, -0.05) is 11.6 Å². The quantitative estimate of drug-likeness (QED) is 0.706. The van der Waals surface area contributed by atoms with Crippen molar-refractivity contribution in [3.63, 3.8) is 0 Å². The van der Waals surface area contributed by atoms with Gasteiger partial charge in [0.15, 0.2) is 5.69 Å². The lowest BCUT2D eigenvalue weighted by Crippen LogP contribution is -2.13. The van der Waals surface area contributed by atoms with Crippen LogP contribution in [-0.2, 0) is 0 Å². The molecule has 1 amide bonds. The van der Waals surface area contributed by atoms with Gasteiger partial charge in [0.25, 0.3) is 5.91 Å². The maximum absolute atomic E-state index is 11.7. The van der Waals surface area contributed by atoms with Crippen LogP contribution in [0.5, 0.6) is 0 Å². The number of aromatic amines is 1. The normalized spacial score (nSPS) is 10.2. The summed E-state index contributed by atoms with van der Waals surface area (Å²) in [5, 5.41) is 12.7. The van der Waals surface area contributed by atoms with Gasteiger partial charge in [-0.25, -0.2) is 0 Å². The van der Waals surface area contributed by atoms with Crippen LogP contribution in [0.2, 0.25) is 5.02 Å². The Labute approximate surface area is 102 Å². The molecule has 2 rings (SSSR count). The number of amides is 1. The van der Waals surface area contributed by atoms with Crippen molar-refractivity contribution in [3.8, 4) is 0 Å². The van der Waals surface area contributed by atoms with Crippen LogP contribution in [0.15, 0.2) is 18.3 Å². The Morgan fingerprint density at radius 3 is 2.94 bits per heavy atom. The summed E-state index contributed by atoms with van der Waals surface area (Å²) in [6.45, 7) is 1.82. The Kier molecular flexibility index (Phi) is 2.97. The highest BCUT2D eigenvalue weighted by Gasteiger charge is 2.11. The van der Waals surface area contributed by atoms with Crippen molar-refractivity contribution >= 4 is 28.9 Å². The summed E-state index contributed by atoms with van der Waals surface area (Å²) in [5.41, 5.74) is 7.74. The standard InChI is InChI=1S/C10H10ClN5O/c1-5-2-7(12)6(11)3-8(5)14-10(17)9-4-13-16-15-9/h2-4H,12H2,1H3,(H,14,17)(H,13,15,16). The van der Waals surface area contributed by atoms with Gasteiger partial charge in [-0.3, -0.25) is 4.79 Å². The Morgan fingerprint density at radius 2 is 2.29 bits per heavy atom. The van der Waals surface area contributed by atoms with Crippen molar-refractivity contribution < 1.29 is 4.79 Å². The van der Waals surface area contributed by atoms with Gasteiger partial charge < -0.3 is 11.1 Å². The molecule has 7 heteroatoms. The summed E-state index contributed by atoms with van der Waals surface area (Å²) >= 11 is 5.88. The van der Waals surface area contributed by atoms with Gasteiger partial charge in [-0.05, 0) is 24.6 Å². The predicted molar refractivity (Wildman–Crippen MR) is 64.9 cm³/mol. The molecule has 0 aliphatic heterocycles. The second-order valence-electron chi connectivity index (χ2n) is 3.50. The molecule has 1 heterocycles. The van der Waals surface area contributed by atoms with Gasteiger partial charge in [-0.15, -0.1) is 0 Å². The molecule has 0 saturated heterocycles. The Balaban J connectivity index is 2.25. The Morgan fingerprint density at radius 1 is 1.53 bits per heavy atom. The number of aryl methyl sites for hydroxylation is 1. The number of hydrogen-bond donors (Lipinski definition) is 3. The number of H-pyrrole nitrogens is 1. The molecule has 0 aliphatic carbocycles. The average Bonchev–Trinajstić information content (AvgIpc) is 2.79. The van der Waals surface area contributed by atoms with E-state index in [2.05, 4.69) is 20.7 Å². The van der Waals surface area contributed by atoms with E-state index in [1.165, 1.54) is 6.20 Å². The molecule has 4 N–H and O–H groups in total. The molecule has 1 aromatic heterocycles. The molecule has 6 nitrogen and oxygen atoms in total. The van der Waals surface area contributed by atoms with Crippen molar-refractivity contribution in [2.45, 2.75) is 6.92 Å². The zero-order valence-corrected chi connectivity index (χ0v) is 9.75. The SMILES string of the molecule is Cc1cc(N)c(Cl)cc1NC(=O)c1cn[nH]n1. The molecule has 88 valence electrons. The van der Waals surface area contributed by atoms with Crippen LogP contribution < -0.4 is 11.1 Å². The maximum Gasteiger partial charge on any atom is 0.277 e. The molecule has 2 aromatic rings. The largest absolute Gasteiger partial charge is 0.398 e. The first kappa shape index (κ1) is 11.4. The molecular weight excluding hydrogens is 242 g/mol. The van der Waals surface area contributed by atoms with Gasteiger partial charge in [0.05, 0.1) is 16.9 Å². The monoisotopic (exact) mass is 251 g/mol. The highest BCUT2D eigenvalue weighted by Crippen LogP contribution is 2.26. The molecule has 0 saturated carbocycles. The number of nitrogens with one attached hydrogen (secondary N) is 2. The van der Waals surface area contributed by atoms with E-state index < -0.39 is 0 Å². The molecule has 0 spiro atoms. The average molecular weight is 252 g/mol. The van der Waals surface area contributed by atoms with Gasteiger partial charge in [0.2, 0.25) is 0 Å². The summed E-state index contributed by atoms with van der Waals surface area (Å²) in [4.78, 5) is 11.7. The minimum Gasteiger partial charge on any atom is -0.398 e. The number of hydrogen-bond acceptors (Lipinski definition) is 4. The number of nitrogens with zero attached hydrogens (tertiary/aromatic N) is 2. The summed E-state index contributed by atoms with van der Waals surface area (Å²) < 4.78 is 0. The van der Waals surface area contributed by atoms with E-state index in [0.717, 1.165) is 5.56 Å². The zero-order chi connectivity index (χ0) is 12.4. The second kappa shape index (κ2) is 4.42. The predicted octanol–water partition coefficient (Wildman–Crippen LogP) is 1.60. The van der Waals surface area contributed by atoms with Crippen LogP contribution in [0.4, 0.5) is 11.4 Å². The topological polar surface area (TPSA) is 96.7 Å². The van der Waals surface area contributed by atoms with E-state index in [9.17, 15) is 4.79 Å². The number of aromatic nitrogens is 3. The lowest BCUT2D eigenvalue weighted by atomic mass is 10.1. The van der Waals surface area contributed by atoms with Gasteiger partial charge in [0, 0.05) is 5.69 Å². The third-order valence-corrected chi connectivity index (χ3v) is 2.57. The third kappa shape index (κ3) is 2.36. The fourth-order valence-electron chi connectivity index (χ4n) is 1.34. The van der Waals surface area contributed by atoms with E-state index in [4.69, 9.17) is 17.3 Å². The number of benzene rings is 1. The van der Waals surface area contributed by atoms with Crippen LogP contribution in [0.1, 0.15) is 16.1 Å². The van der Waals surface area contributed by atoms with Crippen molar-refractivity contribution in [3.05, 3.63) is 34.6 Å². The number of carbonyl (C=O) groups excluding carboxylic acids is 1. The van der Waals surface area contributed by atoms with Crippen LogP contribution in [-0.4, -0.2) is 21.3 Å². The summed E-state index contributed by atoms with van der Waals surface area (Å²) in [6.07, 6.45) is 1.34. The van der Waals surface area contributed by atoms with Crippen molar-refractivity contribution in [2.24, 2.45) is 0 Å². The van der Waals surface area contributed by atoms with E-state index in [1.54, 1.807) is 12.1 Å². The fourth-order valence-corrected chi connectivity index (χ4v) is 1.50. The summed E-state index contributed by atoms with van der Waals surface area (Å²) in [6, 6.07) is 3.30. The van der Waals surface area contributed by atoms with Gasteiger partial charge >= 0.3 is 0 Å². The molecule has 17 heavy (non-hydrogen) atoms. The lowest BCUT2D eigenvalue weighted by Gasteiger charge is -2.09. The van der Waals surface area contributed by atoms with Crippen molar-refractivity contribution in [1.82, 2.24) is 15.4 Å². The molecular formula is C10H10ClN5O. The van der Waals surface area contributed by atoms with E-state index in [-0.39, 0.29) is 11.6 Å². The second-order valence-corrected chi connectivity index (χ2v) is 3.91. The number of nitrogens with two attached hydrogens (primary N) is 1. The molecule has 0 radical (unpaired) electrons. The van der Waals surface area contributed by atoms with E-state index >= 15 is 0 Å². The molecule has 0 bridgehead atoms. The Bertz CT molecular complexity index is 552. The lowest BCUT2D eigenvalue weighted by molar-refractivity contribution is 0.102. The van der Waals surface area contributed by atoms with Gasteiger partial charge in [-0.2, -0.15) is 15.4 Å². The van der Waals surface area contributed by atoms with Gasteiger partial charge in [0.1, 0.15) is 0 Å². The number of halogens is 1. The van der Waals surface area contributed by atoms with E-state index in [0.29, 0.717) is 16.4 Å². The van der Waals surface area contributed by atoms with Crippen LogP contribution in [0.25, 0.3) is 0 Å². The smallest absolute Gasteiger partial charge is 0.277 e. The molecule has 0 fully saturated rings. The molecule has 0 atom stereocenters. The number of nitrogen functional groups attached to an aromatic ring is 1. The summed E-state index contributed by atoms with van der Waals surface area (Å²) in [5.74, 6) is -0.359. The number of carbonyl (C=O) groups is 1. The maximum atomic E-state index is 11.7. The highest BCUT2D eigenvalue weighted by atomic mass is 35.5. The first-order valence-corrected chi connectivity index (χ1v) is 5.18. The fraction of sp³-hybridized carbons (Fsp3) is 0.100. The van der Waals surface area contributed by atoms with Crippen molar-refractivity contribution in [1.29, 1.82) is 0 Å².